The van der Waals surface area contributed by atoms with E-state index in [-0.39, 0.29) is 27.8 Å². The maximum absolute atomic E-state index is 13.5. The van der Waals surface area contributed by atoms with Crippen LogP contribution in [0.25, 0.3) is 0 Å². The van der Waals surface area contributed by atoms with Crippen LogP contribution in [0.1, 0.15) is 6.92 Å². The molecule has 0 bridgehead atoms. The number of hydrazine groups is 2. The van der Waals surface area contributed by atoms with Crippen LogP contribution in [-0.4, -0.2) is 40.6 Å². The molecular formula is C11H13BrFN9O4S. The summed E-state index contributed by atoms with van der Waals surface area (Å²) in [6.07, 6.45) is -1.10. The zero-order valence-electron chi connectivity index (χ0n) is 13.5. The van der Waals surface area contributed by atoms with E-state index in [0.29, 0.717) is 5.06 Å². The molecular weight excluding hydrogens is 453 g/mol. The van der Waals surface area contributed by atoms with E-state index >= 15 is 0 Å². The molecule has 2 unspecified atom stereocenters. The Labute approximate surface area is 160 Å². The largest absolute Gasteiger partial charge is 0.370 e. The van der Waals surface area contributed by atoms with E-state index in [4.69, 9.17) is 11.5 Å². The minimum absolute atomic E-state index is 0.0882. The number of nitrogens with zero attached hydrogens (tertiary/aromatic N) is 6. The minimum Gasteiger partial charge on any atom is -0.370 e. The van der Waals surface area contributed by atoms with Gasteiger partial charge in [0.15, 0.2) is 5.96 Å². The van der Waals surface area contributed by atoms with E-state index in [2.05, 4.69) is 40.7 Å². The molecule has 1 saturated heterocycles. The van der Waals surface area contributed by atoms with Gasteiger partial charge in [-0.3, -0.25) is 10.2 Å². The van der Waals surface area contributed by atoms with Crippen LogP contribution in [0.4, 0.5) is 21.7 Å². The molecule has 1 fully saturated rings. The van der Waals surface area contributed by atoms with E-state index in [1.807, 2.05) is 0 Å². The summed E-state index contributed by atoms with van der Waals surface area (Å²) >= 11 is 3.03. The molecule has 1 aliphatic rings. The second kappa shape index (κ2) is 6.89. The minimum atomic E-state index is -3.77. The molecule has 0 saturated carbocycles. The van der Waals surface area contributed by atoms with Gasteiger partial charge in [-0.25, -0.2) is 14.1 Å². The van der Waals surface area contributed by atoms with Crippen molar-refractivity contribution in [2.45, 2.75) is 13.1 Å². The number of benzene rings is 1. The van der Waals surface area contributed by atoms with Crippen LogP contribution in [0.5, 0.6) is 0 Å². The third-order valence-corrected chi connectivity index (χ3v) is 4.93. The van der Waals surface area contributed by atoms with Gasteiger partial charge < -0.3 is 11.5 Å². The lowest BCUT2D eigenvalue weighted by Crippen LogP contribution is -2.49. The van der Waals surface area contributed by atoms with Crippen molar-refractivity contribution in [3.8, 4) is 0 Å². The highest BCUT2D eigenvalue weighted by Crippen LogP contribution is 2.33. The molecule has 146 valence electrons. The van der Waals surface area contributed by atoms with Gasteiger partial charge in [0.25, 0.3) is 0 Å². The summed E-state index contributed by atoms with van der Waals surface area (Å²) in [5, 5.41) is 19.1. The maximum atomic E-state index is 13.5. The predicted octanol–water partition coefficient (Wildman–Crippen LogP) is -0.0957. The average Bonchev–Trinajstić information content (AvgIpc) is 2.99. The SMILES string of the molecule is CC(N(O)c1nonc1N=C(N)N)N(c1ccc(F)c(Br)c1)N1NS1(=O)=O. The summed E-state index contributed by atoms with van der Waals surface area (Å²) in [5.74, 6) is -1.42. The molecule has 27 heavy (non-hydrogen) atoms. The highest BCUT2D eigenvalue weighted by atomic mass is 79.9. The van der Waals surface area contributed by atoms with Crippen molar-refractivity contribution >= 4 is 49.4 Å². The van der Waals surface area contributed by atoms with E-state index in [1.54, 1.807) is 0 Å². The molecule has 0 radical (unpaired) electrons. The van der Waals surface area contributed by atoms with Gasteiger partial charge in [-0.15, -0.1) is 0 Å². The summed E-state index contributed by atoms with van der Waals surface area (Å²) in [6.45, 7) is 1.43. The lowest BCUT2D eigenvalue weighted by Gasteiger charge is -2.33. The molecule has 16 heteroatoms. The zero-order chi connectivity index (χ0) is 19.9. The Hall–Kier alpha value is -2.53. The maximum Gasteiger partial charge on any atom is 0.326 e. The van der Waals surface area contributed by atoms with Crippen LogP contribution in [0.3, 0.4) is 0 Å². The summed E-state index contributed by atoms with van der Waals surface area (Å²) in [5.41, 5.74) is 10.8. The van der Waals surface area contributed by atoms with Gasteiger partial charge in [-0.1, -0.05) is 4.83 Å². The Bertz CT molecular complexity index is 995. The fourth-order valence-corrected chi connectivity index (χ4v) is 3.40. The van der Waals surface area contributed by atoms with Gasteiger partial charge in [0, 0.05) is 0 Å². The van der Waals surface area contributed by atoms with E-state index in [1.165, 1.54) is 19.1 Å². The van der Waals surface area contributed by atoms with Crippen LogP contribution in [0.2, 0.25) is 0 Å². The smallest absolute Gasteiger partial charge is 0.326 e. The molecule has 1 aliphatic heterocycles. The molecule has 6 N–H and O–H groups in total. The normalized spacial score (nSPS) is 18.6. The number of nitrogens with two attached hydrogens (primary N) is 2. The van der Waals surface area contributed by atoms with Crippen LogP contribution in [0.15, 0.2) is 32.3 Å². The number of nitrogens with one attached hydrogen (secondary N) is 1. The monoisotopic (exact) mass is 465 g/mol. The second-order valence-electron chi connectivity index (χ2n) is 5.21. The number of hydrogen-bond donors (Lipinski definition) is 4. The van der Waals surface area contributed by atoms with Gasteiger partial charge >= 0.3 is 10.2 Å². The summed E-state index contributed by atoms with van der Waals surface area (Å²) in [7, 11) is -3.77. The Morgan fingerprint density at radius 1 is 1.48 bits per heavy atom. The number of aliphatic imine (C=N–C) groups is 1. The molecule has 2 aromatic rings. The summed E-state index contributed by atoms with van der Waals surface area (Å²) in [4.78, 5) is 5.78. The van der Waals surface area contributed by atoms with Gasteiger partial charge in [-0.05, 0) is 55.9 Å². The summed E-state index contributed by atoms with van der Waals surface area (Å²) < 4.78 is 42.4. The van der Waals surface area contributed by atoms with E-state index < -0.39 is 22.2 Å². The van der Waals surface area contributed by atoms with Crippen LogP contribution in [0, 0.1) is 5.82 Å². The van der Waals surface area contributed by atoms with Gasteiger partial charge in [0.1, 0.15) is 12.0 Å². The number of halogens is 2. The first-order valence-electron chi connectivity index (χ1n) is 7.09. The van der Waals surface area contributed by atoms with Crippen molar-refractivity contribution in [3.63, 3.8) is 0 Å². The molecule has 1 aromatic carbocycles. The number of aromatic nitrogens is 2. The Morgan fingerprint density at radius 3 is 2.70 bits per heavy atom. The van der Waals surface area contributed by atoms with Gasteiger partial charge in [0.05, 0.1) is 10.2 Å². The first-order chi connectivity index (χ1) is 12.6. The topological polar surface area (TPSA) is 189 Å². The molecule has 2 atom stereocenters. The first kappa shape index (κ1) is 19.2. The third kappa shape index (κ3) is 3.78. The summed E-state index contributed by atoms with van der Waals surface area (Å²) in [6, 6.07) is 3.77. The van der Waals surface area contributed by atoms with E-state index in [9.17, 15) is 18.0 Å². The highest BCUT2D eigenvalue weighted by molar-refractivity contribution is 9.10. The second-order valence-corrected chi connectivity index (χ2v) is 7.54. The molecule has 3 rings (SSSR count). The van der Waals surface area contributed by atoms with Crippen molar-refractivity contribution < 1.29 is 22.6 Å². The molecule has 0 aliphatic carbocycles. The Morgan fingerprint density at radius 2 is 2.15 bits per heavy atom. The Balaban J connectivity index is 1.99. The predicted molar refractivity (Wildman–Crippen MR) is 94.0 cm³/mol. The van der Waals surface area contributed by atoms with E-state index in [0.717, 1.165) is 15.6 Å². The first-order valence-corrected chi connectivity index (χ1v) is 9.32. The molecule has 1 aromatic heterocycles. The molecule has 2 heterocycles. The Kier molecular flexibility index (Phi) is 4.91. The molecule has 0 spiro atoms. The molecule has 13 nitrogen and oxygen atoms in total. The average molecular weight is 466 g/mol. The fourth-order valence-electron chi connectivity index (χ4n) is 2.14. The van der Waals surface area contributed by atoms with Crippen molar-refractivity contribution in [3.05, 3.63) is 28.5 Å². The fraction of sp³-hybridized carbons (Fsp3) is 0.182. The van der Waals surface area contributed by atoms with Gasteiger partial charge in [0.2, 0.25) is 11.6 Å². The number of rotatable bonds is 6. The lowest BCUT2D eigenvalue weighted by atomic mass is 10.3. The zero-order valence-corrected chi connectivity index (χ0v) is 15.9. The third-order valence-electron chi connectivity index (χ3n) is 3.37. The molecule has 0 amide bonds. The van der Waals surface area contributed by atoms with Crippen molar-refractivity contribution in [2.24, 2.45) is 16.5 Å². The van der Waals surface area contributed by atoms with Crippen molar-refractivity contribution in [2.75, 3.05) is 10.1 Å². The lowest BCUT2D eigenvalue weighted by molar-refractivity contribution is 0.193. The quantitative estimate of drug-likeness (QED) is 0.147. The number of guanidine groups is 1. The van der Waals surface area contributed by atoms with Crippen molar-refractivity contribution in [1.29, 1.82) is 0 Å². The van der Waals surface area contributed by atoms with Crippen LogP contribution >= 0.6 is 15.9 Å². The van der Waals surface area contributed by atoms with Crippen LogP contribution in [-0.2, 0) is 10.2 Å². The van der Waals surface area contributed by atoms with Crippen molar-refractivity contribution in [1.82, 2.24) is 19.7 Å². The number of anilines is 2. The number of hydrogen-bond acceptors (Lipinski definition) is 9. The van der Waals surface area contributed by atoms with Crippen LogP contribution < -0.4 is 26.4 Å². The number of hydroxylamine groups is 1. The standard InChI is InChI=1S/C11H13BrFN9O4S/c1-5(21(23)10-9(16-11(14)15)17-26-18-10)20(22-19-27(22,24)25)6-2-3-8(13)7(12)4-6/h2-5,19,23H,1H3,(H4,14,15,16,17). The van der Waals surface area contributed by atoms with Gasteiger partial charge in [-0.2, -0.15) is 13.4 Å². The highest BCUT2D eigenvalue weighted by Gasteiger charge is 2.49.